The zero-order valence-electron chi connectivity index (χ0n) is 15.8. The molecule has 2 atom stereocenters. The normalized spacial score (nSPS) is 22.4. The summed E-state index contributed by atoms with van der Waals surface area (Å²) in [7, 11) is -1.73. The Bertz CT molecular complexity index is 732. The third kappa shape index (κ3) is 3.70. The first-order valence-corrected chi connectivity index (χ1v) is 11.8. The molecular formula is C17H29N5O2Si. The lowest BCUT2D eigenvalue weighted by atomic mass is 10.1. The zero-order chi connectivity index (χ0) is 18.2. The Morgan fingerprint density at radius 3 is 2.68 bits per heavy atom. The molecule has 2 aromatic rings. The summed E-state index contributed by atoms with van der Waals surface area (Å²) in [5.74, 6) is 0.464. The summed E-state index contributed by atoms with van der Waals surface area (Å²) in [5.41, 5.74) is 7.44. The molecule has 7 nitrogen and oxygen atoms in total. The third-order valence-corrected chi connectivity index (χ3v) is 10.1. The molecule has 2 N–H and O–H groups in total. The smallest absolute Gasteiger partial charge is 0.192 e. The van der Waals surface area contributed by atoms with Crippen molar-refractivity contribution in [1.29, 1.82) is 0 Å². The molecule has 8 heteroatoms. The van der Waals surface area contributed by atoms with E-state index in [1.165, 1.54) is 6.33 Å². The highest BCUT2D eigenvalue weighted by molar-refractivity contribution is 6.74. The lowest BCUT2D eigenvalue weighted by Gasteiger charge is -2.38. The van der Waals surface area contributed by atoms with Crippen molar-refractivity contribution in [2.45, 2.75) is 63.9 Å². The first kappa shape index (κ1) is 18.3. The van der Waals surface area contributed by atoms with Gasteiger partial charge in [-0.3, -0.25) is 0 Å². The van der Waals surface area contributed by atoms with Gasteiger partial charge in [0.1, 0.15) is 11.8 Å². The molecule has 0 unspecified atom stereocenters. The molecule has 0 radical (unpaired) electrons. The zero-order valence-corrected chi connectivity index (χ0v) is 16.8. The van der Waals surface area contributed by atoms with Gasteiger partial charge in [0.25, 0.3) is 0 Å². The highest BCUT2D eigenvalue weighted by Crippen LogP contribution is 2.37. The number of rotatable bonds is 4. The highest BCUT2D eigenvalue weighted by atomic mass is 28.4. The molecule has 0 aliphatic carbocycles. The monoisotopic (exact) mass is 363 g/mol. The van der Waals surface area contributed by atoms with Crippen molar-refractivity contribution in [2.75, 3.05) is 18.9 Å². The van der Waals surface area contributed by atoms with Gasteiger partial charge in [-0.2, -0.15) is 0 Å². The van der Waals surface area contributed by atoms with Crippen molar-refractivity contribution in [1.82, 2.24) is 19.5 Å². The number of hydrogen-bond acceptors (Lipinski definition) is 6. The number of ether oxygens (including phenoxy) is 1. The number of imidazole rings is 1. The van der Waals surface area contributed by atoms with Gasteiger partial charge < -0.3 is 19.5 Å². The molecule has 0 bridgehead atoms. The molecule has 3 rings (SSSR count). The van der Waals surface area contributed by atoms with E-state index in [0.717, 1.165) is 18.4 Å². The van der Waals surface area contributed by atoms with Crippen LogP contribution in [0.1, 0.15) is 39.7 Å². The Hall–Kier alpha value is -1.51. The molecule has 1 fully saturated rings. The molecule has 1 saturated heterocycles. The van der Waals surface area contributed by atoms with Crippen molar-refractivity contribution in [2.24, 2.45) is 0 Å². The van der Waals surface area contributed by atoms with Gasteiger partial charge in [-0.05, 0) is 31.0 Å². The van der Waals surface area contributed by atoms with Crippen LogP contribution in [-0.4, -0.2) is 47.2 Å². The standard InChI is InChI=1S/C17H29N5O2Si/c1-17(2,3)25(4,5)24-9-13-7-6-12(8-23-13)22-11-21-16-14(22)15(18)19-10-20-16/h10-13H,6-9H2,1-5H3,(H2,18,19,20)/t12-,13-/m0/s1. The molecule has 138 valence electrons. The predicted octanol–water partition coefficient (Wildman–Crippen LogP) is 3.15. The Kier molecular flexibility index (Phi) is 4.87. The van der Waals surface area contributed by atoms with E-state index in [-0.39, 0.29) is 17.2 Å². The van der Waals surface area contributed by atoms with Crippen molar-refractivity contribution in [3.05, 3.63) is 12.7 Å². The molecule has 0 spiro atoms. The van der Waals surface area contributed by atoms with Crippen LogP contribution in [0, 0.1) is 0 Å². The Labute approximate surface area is 150 Å². The molecule has 1 aliphatic rings. The predicted molar refractivity (Wildman–Crippen MR) is 101 cm³/mol. The number of fused-ring (bicyclic) bond motifs is 1. The summed E-state index contributed by atoms with van der Waals surface area (Å²) in [4.78, 5) is 12.6. The first-order chi connectivity index (χ1) is 11.7. The largest absolute Gasteiger partial charge is 0.414 e. The molecule has 0 amide bonds. The maximum Gasteiger partial charge on any atom is 0.192 e. The Morgan fingerprint density at radius 1 is 1.28 bits per heavy atom. The summed E-state index contributed by atoms with van der Waals surface area (Å²) in [6, 6.07) is 0.211. The number of anilines is 1. The van der Waals surface area contributed by atoms with E-state index in [0.29, 0.717) is 24.7 Å². The van der Waals surface area contributed by atoms with E-state index in [1.807, 2.05) is 0 Å². The van der Waals surface area contributed by atoms with Crippen molar-refractivity contribution in [3.63, 3.8) is 0 Å². The van der Waals surface area contributed by atoms with Crippen LogP contribution < -0.4 is 5.73 Å². The van der Waals surface area contributed by atoms with Gasteiger partial charge in [0, 0.05) is 0 Å². The fraction of sp³-hybridized carbons (Fsp3) is 0.706. The van der Waals surface area contributed by atoms with E-state index in [9.17, 15) is 0 Å². The van der Waals surface area contributed by atoms with Crippen LogP contribution >= 0.6 is 0 Å². The minimum absolute atomic E-state index is 0.161. The second kappa shape index (κ2) is 6.66. The molecule has 0 saturated carbocycles. The van der Waals surface area contributed by atoms with Crippen LogP contribution in [0.5, 0.6) is 0 Å². The van der Waals surface area contributed by atoms with Gasteiger partial charge in [0.15, 0.2) is 19.8 Å². The van der Waals surface area contributed by atoms with E-state index in [1.54, 1.807) is 6.33 Å². The maximum absolute atomic E-state index is 6.30. The Balaban J connectivity index is 1.60. The molecule has 2 aromatic heterocycles. The highest BCUT2D eigenvalue weighted by Gasteiger charge is 2.38. The summed E-state index contributed by atoms with van der Waals surface area (Å²) in [5, 5.41) is 0.220. The van der Waals surface area contributed by atoms with Gasteiger partial charge in [0.05, 0.1) is 31.7 Å². The second-order valence-corrected chi connectivity index (χ2v) is 13.2. The van der Waals surface area contributed by atoms with Crippen LogP contribution in [0.15, 0.2) is 12.7 Å². The summed E-state index contributed by atoms with van der Waals surface area (Å²) < 4.78 is 14.4. The topological polar surface area (TPSA) is 88.1 Å². The fourth-order valence-electron chi connectivity index (χ4n) is 2.84. The number of nitrogens with zero attached hydrogens (tertiary/aromatic N) is 4. The summed E-state index contributed by atoms with van der Waals surface area (Å²) in [6.07, 6.45) is 5.36. The molecule has 3 heterocycles. The lowest BCUT2D eigenvalue weighted by molar-refractivity contribution is -0.0355. The SMILES string of the molecule is CC(C)(C)[Si](C)(C)OC[C@@H]1CC[C@H](n2cnc3ncnc(N)c32)CO1. The number of nitrogens with two attached hydrogens (primary N) is 1. The minimum Gasteiger partial charge on any atom is -0.414 e. The molecule has 0 aromatic carbocycles. The molecule has 1 aliphatic heterocycles. The van der Waals surface area contributed by atoms with Crippen molar-refractivity contribution >= 4 is 25.3 Å². The average molecular weight is 364 g/mol. The van der Waals surface area contributed by atoms with Crippen LogP contribution in [-0.2, 0) is 9.16 Å². The second-order valence-electron chi connectivity index (χ2n) is 8.34. The van der Waals surface area contributed by atoms with E-state index in [2.05, 4.69) is 53.4 Å². The van der Waals surface area contributed by atoms with E-state index < -0.39 is 8.32 Å². The molecule has 25 heavy (non-hydrogen) atoms. The van der Waals surface area contributed by atoms with Crippen molar-refractivity contribution < 1.29 is 9.16 Å². The average Bonchev–Trinajstić information content (AvgIpc) is 2.98. The summed E-state index contributed by atoms with van der Waals surface area (Å²) >= 11 is 0. The fourth-order valence-corrected chi connectivity index (χ4v) is 3.87. The van der Waals surface area contributed by atoms with Crippen LogP contribution in [0.4, 0.5) is 5.82 Å². The van der Waals surface area contributed by atoms with Gasteiger partial charge in [0.2, 0.25) is 0 Å². The molecular weight excluding hydrogens is 334 g/mol. The number of hydrogen-bond donors (Lipinski definition) is 1. The summed E-state index contributed by atoms with van der Waals surface area (Å²) in [6.45, 7) is 12.6. The number of aromatic nitrogens is 4. The van der Waals surface area contributed by atoms with Crippen molar-refractivity contribution in [3.8, 4) is 0 Å². The quantitative estimate of drug-likeness (QED) is 0.840. The first-order valence-electron chi connectivity index (χ1n) is 8.87. The third-order valence-electron chi connectivity index (χ3n) is 5.57. The minimum atomic E-state index is -1.73. The van der Waals surface area contributed by atoms with Crippen LogP contribution in [0.25, 0.3) is 11.2 Å². The van der Waals surface area contributed by atoms with E-state index >= 15 is 0 Å². The lowest BCUT2D eigenvalue weighted by Crippen LogP contribution is -2.43. The van der Waals surface area contributed by atoms with Gasteiger partial charge >= 0.3 is 0 Å². The maximum atomic E-state index is 6.30. The van der Waals surface area contributed by atoms with Gasteiger partial charge in [-0.25, -0.2) is 15.0 Å². The van der Waals surface area contributed by atoms with Gasteiger partial charge in [-0.15, -0.1) is 0 Å². The van der Waals surface area contributed by atoms with Crippen LogP contribution in [0.2, 0.25) is 18.1 Å². The van der Waals surface area contributed by atoms with Crippen LogP contribution in [0.3, 0.4) is 0 Å². The number of nitrogen functional groups attached to an aromatic ring is 1. The van der Waals surface area contributed by atoms with E-state index in [4.69, 9.17) is 14.9 Å². The van der Waals surface area contributed by atoms with Gasteiger partial charge in [-0.1, -0.05) is 20.8 Å². The Morgan fingerprint density at radius 2 is 2.04 bits per heavy atom.